The van der Waals surface area contributed by atoms with Crippen LogP contribution in [0, 0.1) is 17.2 Å². The molecule has 2 aliphatic rings. The van der Waals surface area contributed by atoms with E-state index in [2.05, 4.69) is 40.4 Å². The lowest BCUT2D eigenvalue weighted by molar-refractivity contribution is -0.133. The minimum atomic E-state index is -0.114. The predicted molar refractivity (Wildman–Crippen MR) is 115 cm³/mol. The third-order valence-corrected chi connectivity index (χ3v) is 5.80. The van der Waals surface area contributed by atoms with Gasteiger partial charge < -0.3 is 20.4 Å². The van der Waals surface area contributed by atoms with Gasteiger partial charge in [-0.2, -0.15) is 5.26 Å². The number of anilines is 1. The second kappa shape index (κ2) is 10.3. The van der Waals surface area contributed by atoms with Crippen LogP contribution in [-0.4, -0.2) is 60.1 Å². The standard InChI is InChI=1S/C22H32N6O2/c1-16(2)13-21(29)28-11-7-19(8-12-28)26-22(30)25-18-5-9-27(10-6-18)20-4-3-17(14-23)15-24-20/h3-4,15-16,18-19H,5-13H2,1-2H3,(H2,25,26,30). The van der Waals surface area contributed by atoms with Crippen molar-refractivity contribution in [2.24, 2.45) is 5.92 Å². The number of hydrogen-bond donors (Lipinski definition) is 2. The van der Waals surface area contributed by atoms with Crippen molar-refractivity contribution >= 4 is 17.8 Å². The zero-order valence-corrected chi connectivity index (χ0v) is 17.9. The van der Waals surface area contributed by atoms with Gasteiger partial charge in [0.15, 0.2) is 0 Å². The molecule has 0 aliphatic carbocycles. The van der Waals surface area contributed by atoms with Crippen molar-refractivity contribution in [3.8, 4) is 6.07 Å². The van der Waals surface area contributed by atoms with Gasteiger partial charge in [0.2, 0.25) is 5.91 Å². The number of nitriles is 1. The lowest BCUT2D eigenvalue weighted by Gasteiger charge is -2.35. The van der Waals surface area contributed by atoms with Gasteiger partial charge in [-0.25, -0.2) is 9.78 Å². The molecule has 0 spiro atoms. The molecule has 1 aromatic rings. The van der Waals surface area contributed by atoms with Crippen LogP contribution in [0.15, 0.2) is 18.3 Å². The molecular formula is C22H32N6O2. The molecule has 162 valence electrons. The summed E-state index contributed by atoms with van der Waals surface area (Å²) in [7, 11) is 0. The van der Waals surface area contributed by atoms with Crippen LogP contribution in [0.1, 0.15) is 51.5 Å². The highest BCUT2D eigenvalue weighted by Crippen LogP contribution is 2.18. The maximum Gasteiger partial charge on any atom is 0.315 e. The summed E-state index contributed by atoms with van der Waals surface area (Å²) < 4.78 is 0. The molecule has 0 atom stereocenters. The number of carbonyl (C=O) groups is 2. The minimum absolute atomic E-state index is 0.114. The summed E-state index contributed by atoms with van der Waals surface area (Å²) in [6.45, 7) is 7.18. The number of pyridine rings is 1. The van der Waals surface area contributed by atoms with Crippen molar-refractivity contribution in [2.75, 3.05) is 31.1 Å². The number of piperidine rings is 2. The third-order valence-electron chi connectivity index (χ3n) is 5.80. The Morgan fingerprint density at radius 2 is 1.70 bits per heavy atom. The van der Waals surface area contributed by atoms with Gasteiger partial charge in [-0.15, -0.1) is 0 Å². The first-order chi connectivity index (χ1) is 14.4. The zero-order valence-electron chi connectivity index (χ0n) is 17.9. The van der Waals surface area contributed by atoms with Crippen molar-refractivity contribution in [1.29, 1.82) is 5.26 Å². The Labute approximate surface area is 178 Å². The maximum absolute atomic E-state index is 12.4. The van der Waals surface area contributed by atoms with E-state index in [1.54, 1.807) is 12.3 Å². The highest BCUT2D eigenvalue weighted by Gasteiger charge is 2.26. The predicted octanol–water partition coefficient (Wildman–Crippen LogP) is 2.26. The van der Waals surface area contributed by atoms with Gasteiger partial charge in [0, 0.05) is 50.9 Å². The minimum Gasteiger partial charge on any atom is -0.356 e. The number of amides is 3. The van der Waals surface area contributed by atoms with Crippen LogP contribution < -0.4 is 15.5 Å². The molecule has 1 aromatic heterocycles. The molecule has 8 heteroatoms. The van der Waals surface area contributed by atoms with Gasteiger partial charge >= 0.3 is 6.03 Å². The fourth-order valence-corrected chi connectivity index (χ4v) is 4.06. The summed E-state index contributed by atoms with van der Waals surface area (Å²) in [5, 5.41) is 15.0. The fourth-order valence-electron chi connectivity index (χ4n) is 4.06. The molecule has 0 radical (unpaired) electrons. The maximum atomic E-state index is 12.4. The molecular weight excluding hydrogens is 380 g/mol. The van der Waals surface area contributed by atoms with Crippen molar-refractivity contribution < 1.29 is 9.59 Å². The number of urea groups is 1. The Morgan fingerprint density at radius 3 is 2.20 bits per heavy atom. The van der Waals surface area contributed by atoms with Crippen LogP contribution >= 0.6 is 0 Å². The molecule has 30 heavy (non-hydrogen) atoms. The van der Waals surface area contributed by atoms with Crippen LogP contribution in [0.4, 0.5) is 10.6 Å². The average Bonchev–Trinajstić information content (AvgIpc) is 2.74. The van der Waals surface area contributed by atoms with E-state index in [1.807, 2.05) is 11.0 Å². The molecule has 2 saturated heterocycles. The number of nitrogens with one attached hydrogen (secondary N) is 2. The number of rotatable bonds is 5. The smallest absolute Gasteiger partial charge is 0.315 e. The molecule has 3 rings (SSSR count). The summed E-state index contributed by atoms with van der Waals surface area (Å²) in [4.78, 5) is 33.0. The molecule has 0 aromatic carbocycles. The summed E-state index contributed by atoms with van der Waals surface area (Å²) >= 11 is 0. The lowest BCUT2D eigenvalue weighted by Crippen LogP contribution is -2.52. The second-order valence-electron chi connectivity index (χ2n) is 8.65. The topological polar surface area (TPSA) is 101 Å². The summed E-state index contributed by atoms with van der Waals surface area (Å²) in [6.07, 6.45) is 5.51. The first-order valence-electron chi connectivity index (χ1n) is 10.9. The average molecular weight is 413 g/mol. The quantitative estimate of drug-likeness (QED) is 0.772. The molecule has 3 amide bonds. The fraction of sp³-hybridized carbons (Fsp3) is 0.636. The molecule has 3 heterocycles. The largest absolute Gasteiger partial charge is 0.356 e. The van der Waals surface area contributed by atoms with Gasteiger partial charge in [0.1, 0.15) is 11.9 Å². The Kier molecular flexibility index (Phi) is 7.50. The van der Waals surface area contributed by atoms with Crippen molar-refractivity contribution in [3.63, 3.8) is 0 Å². The van der Waals surface area contributed by atoms with E-state index >= 15 is 0 Å². The van der Waals surface area contributed by atoms with E-state index in [9.17, 15) is 9.59 Å². The number of carbonyl (C=O) groups excluding carboxylic acids is 2. The number of hydrogen-bond acceptors (Lipinski definition) is 5. The Bertz CT molecular complexity index is 757. The van der Waals surface area contributed by atoms with Gasteiger partial charge in [-0.1, -0.05) is 13.8 Å². The first kappa shape index (κ1) is 21.9. The summed E-state index contributed by atoms with van der Waals surface area (Å²) in [5.74, 6) is 1.46. The monoisotopic (exact) mass is 412 g/mol. The summed E-state index contributed by atoms with van der Waals surface area (Å²) in [6, 6.07) is 5.88. The van der Waals surface area contributed by atoms with Gasteiger partial charge in [-0.3, -0.25) is 4.79 Å². The Hall–Kier alpha value is -2.82. The van der Waals surface area contributed by atoms with Crippen molar-refractivity contribution in [2.45, 2.75) is 58.0 Å². The molecule has 2 aliphatic heterocycles. The van der Waals surface area contributed by atoms with Gasteiger partial charge in [0.25, 0.3) is 0 Å². The number of nitrogens with zero attached hydrogens (tertiary/aromatic N) is 4. The lowest BCUT2D eigenvalue weighted by atomic mass is 10.0. The number of likely N-dealkylation sites (tertiary alicyclic amines) is 1. The molecule has 2 fully saturated rings. The second-order valence-corrected chi connectivity index (χ2v) is 8.65. The molecule has 0 saturated carbocycles. The highest BCUT2D eigenvalue weighted by atomic mass is 16.2. The molecule has 8 nitrogen and oxygen atoms in total. The van der Waals surface area contributed by atoms with E-state index in [0.717, 1.165) is 44.6 Å². The van der Waals surface area contributed by atoms with Gasteiger partial charge in [-0.05, 0) is 43.7 Å². The van der Waals surface area contributed by atoms with E-state index in [4.69, 9.17) is 5.26 Å². The van der Waals surface area contributed by atoms with Crippen molar-refractivity contribution in [3.05, 3.63) is 23.9 Å². The summed E-state index contributed by atoms with van der Waals surface area (Å²) in [5.41, 5.74) is 0.557. The number of aromatic nitrogens is 1. The Balaban J connectivity index is 1.36. The third kappa shape index (κ3) is 6.09. The zero-order chi connectivity index (χ0) is 21.5. The molecule has 0 bridgehead atoms. The highest BCUT2D eigenvalue weighted by molar-refractivity contribution is 5.77. The Morgan fingerprint density at radius 1 is 1.10 bits per heavy atom. The van der Waals surface area contributed by atoms with E-state index in [1.165, 1.54) is 0 Å². The molecule has 2 N–H and O–H groups in total. The van der Waals surface area contributed by atoms with Crippen LogP contribution in [-0.2, 0) is 4.79 Å². The van der Waals surface area contributed by atoms with Crippen LogP contribution in [0.3, 0.4) is 0 Å². The van der Waals surface area contributed by atoms with Crippen LogP contribution in [0.25, 0.3) is 0 Å². The van der Waals surface area contributed by atoms with Crippen molar-refractivity contribution in [1.82, 2.24) is 20.5 Å². The normalized spacial score (nSPS) is 18.2. The van der Waals surface area contributed by atoms with Crippen LogP contribution in [0.2, 0.25) is 0 Å². The van der Waals surface area contributed by atoms with E-state index < -0.39 is 0 Å². The SMILES string of the molecule is CC(C)CC(=O)N1CCC(NC(=O)NC2CCN(c3ccc(C#N)cn3)CC2)CC1. The first-order valence-corrected chi connectivity index (χ1v) is 10.9. The van der Waals surface area contributed by atoms with Gasteiger partial charge in [0.05, 0.1) is 5.56 Å². The van der Waals surface area contributed by atoms with E-state index in [-0.39, 0.29) is 24.0 Å². The molecule has 0 unspecified atom stereocenters. The van der Waals surface area contributed by atoms with Crippen LogP contribution in [0.5, 0.6) is 0 Å². The van der Waals surface area contributed by atoms with E-state index in [0.29, 0.717) is 31.0 Å².